The predicted molar refractivity (Wildman–Crippen MR) is 122 cm³/mol. The molecule has 8 nitrogen and oxygen atoms in total. The van der Waals surface area contributed by atoms with Crippen molar-refractivity contribution >= 4 is 12.1 Å². The van der Waals surface area contributed by atoms with Crippen molar-refractivity contribution in [2.75, 3.05) is 52.5 Å². The van der Waals surface area contributed by atoms with Gasteiger partial charge in [0.2, 0.25) is 0 Å². The Morgan fingerprint density at radius 3 is 2.52 bits per heavy atom. The van der Waals surface area contributed by atoms with E-state index in [1.54, 1.807) is 4.90 Å². The number of carbonyl (C=O) groups excluding carboxylic acids is 1. The summed E-state index contributed by atoms with van der Waals surface area (Å²) in [6, 6.07) is 8.85. The van der Waals surface area contributed by atoms with E-state index < -0.39 is 0 Å². The van der Waals surface area contributed by atoms with Crippen LogP contribution in [0.5, 0.6) is 0 Å². The van der Waals surface area contributed by atoms with Crippen molar-refractivity contribution in [2.45, 2.75) is 45.8 Å². The zero-order valence-corrected chi connectivity index (χ0v) is 18.9. The molecule has 0 bridgehead atoms. The second kappa shape index (κ2) is 12.5. The first-order valence-corrected chi connectivity index (χ1v) is 11.5. The summed E-state index contributed by atoms with van der Waals surface area (Å²) < 4.78 is 10.6. The number of nitrogens with zero attached hydrogens (tertiary/aromatic N) is 3. The minimum absolute atomic E-state index is 0.210. The lowest BCUT2D eigenvalue weighted by Gasteiger charge is -2.32. The molecular formula is C23H37N5O3. The topological polar surface area (TPSA) is 78.4 Å². The fraction of sp³-hybridized carbons (Fsp3) is 0.652. The number of guanidine groups is 1. The minimum Gasteiger partial charge on any atom is -0.450 e. The first-order chi connectivity index (χ1) is 15.2. The van der Waals surface area contributed by atoms with Gasteiger partial charge in [0.15, 0.2) is 5.96 Å². The van der Waals surface area contributed by atoms with Crippen molar-refractivity contribution in [3.63, 3.8) is 0 Å². The van der Waals surface area contributed by atoms with Crippen LogP contribution < -0.4 is 10.6 Å². The number of hydrogen-bond acceptors (Lipinski definition) is 5. The van der Waals surface area contributed by atoms with Crippen molar-refractivity contribution in [2.24, 2.45) is 4.99 Å². The summed E-state index contributed by atoms with van der Waals surface area (Å²) in [7, 11) is 0. The molecule has 8 heteroatoms. The highest BCUT2D eigenvalue weighted by molar-refractivity contribution is 5.80. The van der Waals surface area contributed by atoms with Crippen LogP contribution in [-0.2, 0) is 22.6 Å². The van der Waals surface area contributed by atoms with Gasteiger partial charge in [0.25, 0.3) is 0 Å². The van der Waals surface area contributed by atoms with Gasteiger partial charge in [-0.1, -0.05) is 24.3 Å². The van der Waals surface area contributed by atoms with E-state index in [4.69, 9.17) is 14.5 Å². The van der Waals surface area contributed by atoms with E-state index in [2.05, 4.69) is 46.7 Å². The Bertz CT molecular complexity index is 713. The van der Waals surface area contributed by atoms with Gasteiger partial charge in [-0.2, -0.15) is 0 Å². The molecule has 0 spiro atoms. The average Bonchev–Trinajstić information content (AvgIpc) is 2.80. The molecule has 2 heterocycles. The van der Waals surface area contributed by atoms with E-state index in [0.29, 0.717) is 32.3 Å². The van der Waals surface area contributed by atoms with Crippen molar-refractivity contribution in [3.05, 3.63) is 35.4 Å². The molecule has 0 unspecified atom stereocenters. The lowest BCUT2D eigenvalue weighted by Crippen LogP contribution is -2.49. The van der Waals surface area contributed by atoms with Gasteiger partial charge in [-0.05, 0) is 37.8 Å². The molecular weight excluding hydrogens is 394 g/mol. The maximum atomic E-state index is 11.9. The molecule has 1 aromatic carbocycles. The summed E-state index contributed by atoms with van der Waals surface area (Å²) in [6.07, 6.45) is 1.56. The number of aliphatic imine (C=N–C) groups is 1. The van der Waals surface area contributed by atoms with Crippen molar-refractivity contribution in [1.82, 2.24) is 20.4 Å². The van der Waals surface area contributed by atoms with Crippen molar-refractivity contribution < 1.29 is 14.3 Å². The Kier molecular flexibility index (Phi) is 9.42. The second-order valence-electron chi connectivity index (χ2n) is 7.96. The van der Waals surface area contributed by atoms with Gasteiger partial charge >= 0.3 is 6.09 Å². The molecule has 2 aliphatic rings. The maximum absolute atomic E-state index is 11.9. The molecule has 0 saturated carbocycles. The van der Waals surface area contributed by atoms with E-state index in [1.165, 1.54) is 11.1 Å². The maximum Gasteiger partial charge on any atom is 0.409 e. The van der Waals surface area contributed by atoms with Gasteiger partial charge in [0, 0.05) is 45.3 Å². The highest BCUT2D eigenvalue weighted by atomic mass is 16.6. The summed E-state index contributed by atoms with van der Waals surface area (Å²) in [5.41, 5.74) is 2.58. The number of benzene rings is 1. The highest BCUT2D eigenvalue weighted by Crippen LogP contribution is 2.15. The van der Waals surface area contributed by atoms with Gasteiger partial charge in [0.05, 0.1) is 26.4 Å². The smallest absolute Gasteiger partial charge is 0.409 e. The molecule has 3 rings (SSSR count). The van der Waals surface area contributed by atoms with Gasteiger partial charge in [-0.15, -0.1) is 0 Å². The molecule has 1 aromatic rings. The van der Waals surface area contributed by atoms with E-state index in [1.807, 2.05) is 6.92 Å². The minimum atomic E-state index is -0.210. The number of morpholine rings is 1. The van der Waals surface area contributed by atoms with Gasteiger partial charge in [-0.3, -0.25) is 4.90 Å². The summed E-state index contributed by atoms with van der Waals surface area (Å²) in [4.78, 5) is 21.0. The summed E-state index contributed by atoms with van der Waals surface area (Å²) in [5, 5.41) is 6.91. The first kappa shape index (κ1) is 23.3. The van der Waals surface area contributed by atoms with Crippen LogP contribution >= 0.6 is 0 Å². The Hall–Kier alpha value is -2.32. The molecule has 31 heavy (non-hydrogen) atoms. The number of likely N-dealkylation sites (tertiary alicyclic amines) is 1. The first-order valence-electron chi connectivity index (χ1n) is 11.5. The van der Waals surface area contributed by atoms with Crippen LogP contribution in [0.15, 0.2) is 29.3 Å². The SMILES string of the molecule is CCNC(=NCc1ccccc1CN1CCOCC1)NC1CCN(C(=O)OCC)CC1. The van der Waals surface area contributed by atoms with Crippen LogP contribution in [0.4, 0.5) is 4.79 Å². The normalized spacial score (nSPS) is 18.6. The summed E-state index contributed by atoms with van der Waals surface area (Å²) in [5.74, 6) is 0.832. The molecule has 0 aliphatic carbocycles. The van der Waals surface area contributed by atoms with Crippen molar-refractivity contribution in [1.29, 1.82) is 0 Å². The second-order valence-corrected chi connectivity index (χ2v) is 7.96. The number of carbonyl (C=O) groups is 1. The largest absolute Gasteiger partial charge is 0.450 e. The van der Waals surface area contributed by atoms with Gasteiger partial charge < -0.3 is 25.0 Å². The summed E-state index contributed by atoms with van der Waals surface area (Å²) >= 11 is 0. The molecule has 2 fully saturated rings. The predicted octanol–water partition coefficient (Wildman–Crippen LogP) is 2.19. The Morgan fingerprint density at radius 2 is 1.84 bits per heavy atom. The van der Waals surface area contributed by atoms with E-state index in [-0.39, 0.29) is 6.09 Å². The fourth-order valence-corrected chi connectivity index (χ4v) is 3.96. The van der Waals surface area contributed by atoms with Gasteiger partial charge in [0.1, 0.15) is 0 Å². The highest BCUT2D eigenvalue weighted by Gasteiger charge is 2.24. The zero-order valence-electron chi connectivity index (χ0n) is 18.9. The molecule has 1 amide bonds. The lowest BCUT2D eigenvalue weighted by molar-refractivity contribution is 0.0341. The summed E-state index contributed by atoms with van der Waals surface area (Å²) in [6.45, 7) is 11.7. The number of hydrogen-bond donors (Lipinski definition) is 2. The lowest BCUT2D eigenvalue weighted by atomic mass is 10.1. The number of nitrogens with one attached hydrogen (secondary N) is 2. The van der Waals surface area contributed by atoms with Crippen LogP contribution in [0.3, 0.4) is 0 Å². The number of rotatable bonds is 7. The number of ether oxygens (including phenoxy) is 2. The van der Waals surface area contributed by atoms with Crippen LogP contribution in [0.25, 0.3) is 0 Å². The van der Waals surface area contributed by atoms with E-state index >= 15 is 0 Å². The third kappa shape index (κ3) is 7.40. The fourth-order valence-electron chi connectivity index (χ4n) is 3.96. The molecule has 2 saturated heterocycles. The van der Waals surface area contributed by atoms with Gasteiger partial charge in [-0.25, -0.2) is 9.79 Å². The monoisotopic (exact) mass is 431 g/mol. The number of amides is 1. The number of piperidine rings is 1. The molecule has 0 radical (unpaired) electrons. The molecule has 0 aromatic heterocycles. The Balaban J connectivity index is 1.56. The standard InChI is InChI=1S/C23H37N5O3/c1-3-24-22(26-21-9-11-28(12-10-21)23(29)31-4-2)25-17-19-7-5-6-8-20(19)18-27-13-15-30-16-14-27/h5-8,21H,3-4,9-18H2,1-2H3,(H2,24,25,26). The quantitative estimate of drug-likeness (QED) is 0.509. The van der Waals surface area contributed by atoms with Crippen LogP contribution in [-0.4, -0.2) is 80.4 Å². The van der Waals surface area contributed by atoms with Crippen LogP contribution in [0.2, 0.25) is 0 Å². The molecule has 172 valence electrons. The average molecular weight is 432 g/mol. The third-order valence-corrected chi connectivity index (χ3v) is 5.73. The Morgan fingerprint density at radius 1 is 1.13 bits per heavy atom. The third-order valence-electron chi connectivity index (χ3n) is 5.73. The van der Waals surface area contributed by atoms with Crippen molar-refractivity contribution in [3.8, 4) is 0 Å². The molecule has 2 aliphatic heterocycles. The van der Waals surface area contributed by atoms with E-state index in [0.717, 1.165) is 58.2 Å². The molecule has 2 N–H and O–H groups in total. The van der Waals surface area contributed by atoms with E-state index in [9.17, 15) is 4.79 Å². The van der Waals surface area contributed by atoms with Crippen LogP contribution in [0.1, 0.15) is 37.8 Å². The van der Waals surface area contributed by atoms with Crippen LogP contribution in [0, 0.1) is 0 Å². The zero-order chi connectivity index (χ0) is 21.9. The Labute approximate surface area is 186 Å². The molecule has 0 atom stereocenters.